The highest BCUT2D eigenvalue weighted by atomic mass is 35.5. The summed E-state index contributed by atoms with van der Waals surface area (Å²) in [5, 5.41) is 2.63. The minimum absolute atomic E-state index is 0.0406. The van der Waals surface area contributed by atoms with E-state index in [0.29, 0.717) is 18.7 Å². The first-order chi connectivity index (χ1) is 12.0. The van der Waals surface area contributed by atoms with Gasteiger partial charge in [0.25, 0.3) is 0 Å². The van der Waals surface area contributed by atoms with E-state index in [1.165, 1.54) is 18.2 Å². The molecular weight excluding hydrogens is 343 g/mol. The van der Waals surface area contributed by atoms with Crippen molar-refractivity contribution < 1.29 is 14.0 Å². The molecule has 1 aliphatic rings. The molecule has 2 atom stereocenters. The lowest BCUT2D eigenvalue weighted by Crippen LogP contribution is -2.29. The van der Waals surface area contributed by atoms with E-state index in [0.717, 1.165) is 5.56 Å². The second-order valence-corrected chi connectivity index (χ2v) is 6.65. The van der Waals surface area contributed by atoms with Crippen molar-refractivity contribution >= 4 is 29.1 Å². The molecule has 4 nitrogen and oxygen atoms in total. The Labute approximate surface area is 150 Å². The third-order valence-corrected chi connectivity index (χ3v) is 4.56. The summed E-state index contributed by atoms with van der Waals surface area (Å²) in [4.78, 5) is 26.3. The van der Waals surface area contributed by atoms with Gasteiger partial charge in [0.05, 0.1) is 16.9 Å². The van der Waals surface area contributed by atoms with Crippen LogP contribution in [0.3, 0.4) is 0 Å². The number of nitrogens with zero attached hydrogens (tertiary/aromatic N) is 1. The highest BCUT2D eigenvalue weighted by molar-refractivity contribution is 6.31. The molecule has 0 aliphatic heterocycles. The van der Waals surface area contributed by atoms with Gasteiger partial charge in [-0.2, -0.15) is 0 Å². The van der Waals surface area contributed by atoms with Crippen LogP contribution in [0.2, 0.25) is 5.02 Å². The fourth-order valence-corrected chi connectivity index (χ4v) is 2.97. The molecule has 2 amide bonds. The molecule has 2 aromatic rings. The van der Waals surface area contributed by atoms with Crippen LogP contribution in [0.4, 0.5) is 10.1 Å². The zero-order valence-electron chi connectivity index (χ0n) is 13.7. The molecule has 1 N–H and O–H groups in total. The third-order valence-electron chi connectivity index (χ3n) is 4.27. The highest BCUT2D eigenvalue weighted by Crippen LogP contribution is 2.41. The van der Waals surface area contributed by atoms with Gasteiger partial charge in [0.2, 0.25) is 11.8 Å². The molecule has 1 saturated carbocycles. The van der Waals surface area contributed by atoms with Gasteiger partial charge in [-0.05, 0) is 30.2 Å². The number of nitrogens with one attached hydrogen (secondary N) is 1. The monoisotopic (exact) mass is 360 g/mol. The Morgan fingerprint density at radius 2 is 1.92 bits per heavy atom. The number of hydrogen-bond donors (Lipinski definition) is 1. The minimum Gasteiger partial charge on any atom is -0.341 e. The van der Waals surface area contributed by atoms with Crippen LogP contribution < -0.4 is 5.32 Å². The first-order valence-electron chi connectivity index (χ1n) is 8.00. The highest BCUT2D eigenvalue weighted by Gasteiger charge is 2.49. The average Bonchev–Trinajstić information content (AvgIpc) is 3.39. The van der Waals surface area contributed by atoms with E-state index >= 15 is 0 Å². The number of benzene rings is 2. The van der Waals surface area contributed by atoms with Gasteiger partial charge in [-0.25, -0.2) is 4.39 Å². The second kappa shape index (κ2) is 7.23. The number of amides is 2. The predicted octanol–water partition coefficient (Wildman–Crippen LogP) is 3.71. The van der Waals surface area contributed by atoms with Crippen LogP contribution in [-0.4, -0.2) is 23.8 Å². The molecule has 0 heterocycles. The van der Waals surface area contributed by atoms with Crippen molar-refractivity contribution in [1.29, 1.82) is 0 Å². The Morgan fingerprint density at radius 1 is 1.20 bits per heavy atom. The second-order valence-electron chi connectivity index (χ2n) is 6.25. The van der Waals surface area contributed by atoms with Crippen molar-refractivity contribution in [2.75, 3.05) is 12.4 Å². The standard InChI is InChI=1S/C19H18ClFN2O2/c1-23(11-12-5-3-2-4-6-12)19(25)15-10-14(15)18(24)22-13-7-8-17(21)16(20)9-13/h2-9,14-15H,10-11H2,1H3,(H,22,24). The lowest BCUT2D eigenvalue weighted by molar-refractivity contribution is -0.133. The van der Waals surface area contributed by atoms with Crippen LogP contribution in [0, 0.1) is 17.7 Å². The normalized spacial score (nSPS) is 18.5. The molecule has 0 bridgehead atoms. The van der Waals surface area contributed by atoms with Gasteiger partial charge in [-0.3, -0.25) is 9.59 Å². The van der Waals surface area contributed by atoms with Crippen LogP contribution >= 0.6 is 11.6 Å². The van der Waals surface area contributed by atoms with E-state index in [1.54, 1.807) is 11.9 Å². The van der Waals surface area contributed by atoms with Crippen molar-refractivity contribution in [1.82, 2.24) is 4.90 Å². The minimum atomic E-state index is -0.540. The molecule has 2 aromatic carbocycles. The number of carbonyl (C=O) groups excluding carboxylic acids is 2. The Balaban J connectivity index is 1.55. The first-order valence-corrected chi connectivity index (χ1v) is 8.38. The average molecular weight is 361 g/mol. The summed E-state index contributed by atoms with van der Waals surface area (Å²) in [6.07, 6.45) is 0.527. The molecule has 1 fully saturated rings. The quantitative estimate of drug-likeness (QED) is 0.883. The topological polar surface area (TPSA) is 49.4 Å². The lowest BCUT2D eigenvalue weighted by atomic mass is 10.2. The van der Waals surface area contributed by atoms with Gasteiger partial charge in [0.15, 0.2) is 0 Å². The van der Waals surface area contributed by atoms with Crippen LogP contribution in [-0.2, 0) is 16.1 Å². The molecule has 3 rings (SSSR count). The van der Waals surface area contributed by atoms with Crippen molar-refractivity contribution in [2.24, 2.45) is 11.8 Å². The Hall–Kier alpha value is -2.40. The maximum atomic E-state index is 13.1. The molecule has 2 unspecified atom stereocenters. The van der Waals surface area contributed by atoms with E-state index < -0.39 is 5.82 Å². The lowest BCUT2D eigenvalue weighted by Gasteiger charge is -2.17. The summed E-state index contributed by atoms with van der Waals surface area (Å²) in [6.45, 7) is 0.512. The number of halogens is 2. The van der Waals surface area contributed by atoms with Gasteiger partial charge in [0.1, 0.15) is 5.82 Å². The SMILES string of the molecule is CN(Cc1ccccc1)C(=O)C1CC1C(=O)Nc1ccc(F)c(Cl)c1. The summed E-state index contributed by atoms with van der Waals surface area (Å²) in [5.41, 5.74) is 1.47. The van der Waals surface area contributed by atoms with Crippen LogP contribution in [0.1, 0.15) is 12.0 Å². The van der Waals surface area contributed by atoms with Gasteiger partial charge in [-0.1, -0.05) is 41.9 Å². The molecule has 0 radical (unpaired) electrons. The Bertz CT molecular complexity index is 797. The molecule has 130 valence electrons. The van der Waals surface area contributed by atoms with Crippen molar-refractivity contribution in [3.63, 3.8) is 0 Å². The molecule has 6 heteroatoms. The van der Waals surface area contributed by atoms with Crippen molar-refractivity contribution in [3.8, 4) is 0 Å². The molecule has 0 saturated heterocycles. The molecule has 0 aromatic heterocycles. The Morgan fingerprint density at radius 3 is 2.60 bits per heavy atom. The summed E-state index contributed by atoms with van der Waals surface area (Å²) < 4.78 is 13.1. The maximum absolute atomic E-state index is 13.1. The summed E-state index contributed by atoms with van der Waals surface area (Å²) >= 11 is 5.70. The Kier molecular flexibility index (Phi) is 5.04. The van der Waals surface area contributed by atoms with E-state index in [1.807, 2.05) is 30.3 Å². The number of anilines is 1. The number of rotatable bonds is 5. The maximum Gasteiger partial charge on any atom is 0.228 e. The molecule has 1 aliphatic carbocycles. The van der Waals surface area contributed by atoms with Crippen LogP contribution in [0.5, 0.6) is 0 Å². The molecular formula is C19H18ClFN2O2. The van der Waals surface area contributed by atoms with E-state index in [9.17, 15) is 14.0 Å². The van der Waals surface area contributed by atoms with Gasteiger partial charge >= 0.3 is 0 Å². The predicted molar refractivity (Wildman–Crippen MR) is 94.6 cm³/mol. The summed E-state index contributed by atoms with van der Waals surface area (Å²) in [7, 11) is 1.74. The van der Waals surface area contributed by atoms with Gasteiger partial charge in [-0.15, -0.1) is 0 Å². The van der Waals surface area contributed by atoms with E-state index in [4.69, 9.17) is 11.6 Å². The zero-order valence-corrected chi connectivity index (χ0v) is 14.5. The van der Waals surface area contributed by atoms with Crippen molar-refractivity contribution in [2.45, 2.75) is 13.0 Å². The molecule has 25 heavy (non-hydrogen) atoms. The van der Waals surface area contributed by atoms with E-state index in [2.05, 4.69) is 5.32 Å². The smallest absolute Gasteiger partial charge is 0.228 e. The number of carbonyl (C=O) groups is 2. The van der Waals surface area contributed by atoms with Gasteiger partial charge in [0, 0.05) is 19.3 Å². The molecule has 0 spiro atoms. The number of hydrogen-bond acceptors (Lipinski definition) is 2. The summed E-state index contributed by atoms with van der Waals surface area (Å²) in [5.74, 6) is -1.48. The van der Waals surface area contributed by atoms with Gasteiger partial charge < -0.3 is 10.2 Å². The summed E-state index contributed by atoms with van der Waals surface area (Å²) in [6, 6.07) is 13.7. The fraction of sp³-hybridized carbons (Fsp3) is 0.263. The zero-order chi connectivity index (χ0) is 18.0. The third kappa shape index (κ3) is 4.17. The van der Waals surface area contributed by atoms with Crippen LogP contribution in [0.15, 0.2) is 48.5 Å². The largest absolute Gasteiger partial charge is 0.341 e. The van der Waals surface area contributed by atoms with E-state index in [-0.39, 0.29) is 28.7 Å². The fourth-order valence-electron chi connectivity index (χ4n) is 2.78. The first kappa shape index (κ1) is 17.4. The van der Waals surface area contributed by atoms with Crippen LogP contribution in [0.25, 0.3) is 0 Å². The van der Waals surface area contributed by atoms with Crippen molar-refractivity contribution in [3.05, 3.63) is 64.9 Å².